The van der Waals surface area contributed by atoms with E-state index in [-0.39, 0.29) is 23.2 Å². The van der Waals surface area contributed by atoms with Crippen molar-refractivity contribution >= 4 is 0 Å². The molecule has 0 aliphatic rings. The number of nitrogens with zero attached hydrogens (tertiary/aromatic N) is 2. The topological polar surface area (TPSA) is 36.7 Å². The Hall–Kier alpha value is -2.42. The van der Waals surface area contributed by atoms with Gasteiger partial charge in [0.2, 0.25) is 0 Å². The molecule has 2 aromatic rings. The molecule has 0 spiro atoms. The summed E-state index contributed by atoms with van der Waals surface area (Å²) in [6.07, 6.45) is -4.93. The molecule has 1 heterocycles. The van der Waals surface area contributed by atoms with E-state index < -0.39 is 17.7 Å². The Morgan fingerprint density at radius 3 is 2.35 bits per heavy atom. The molecule has 1 aromatic carbocycles. The fraction of sp³-hybridized carbons (Fsp3) is 0.143. The van der Waals surface area contributed by atoms with Crippen LogP contribution in [0.1, 0.15) is 11.4 Å². The van der Waals surface area contributed by atoms with Crippen LogP contribution in [0.4, 0.5) is 17.6 Å². The average molecular weight is 280 g/mol. The van der Waals surface area contributed by atoms with Gasteiger partial charge in [-0.25, -0.2) is 9.37 Å². The van der Waals surface area contributed by atoms with Crippen molar-refractivity contribution in [3.05, 3.63) is 53.6 Å². The van der Waals surface area contributed by atoms with Crippen molar-refractivity contribution in [2.24, 2.45) is 0 Å². The van der Waals surface area contributed by atoms with Crippen LogP contribution >= 0.6 is 0 Å². The molecule has 102 valence electrons. The summed E-state index contributed by atoms with van der Waals surface area (Å²) in [4.78, 5) is 3.44. The zero-order valence-electron chi connectivity index (χ0n) is 10.1. The standard InChI is InChI=1S/C14H8F4N2/c15-11-4-2-1-3-9(11)10-5-6-13(14(16,17)18)20-12(10)7-8-19/h1-6H,7H2. The van der Waals surface area contributed by atoms with Gasteiger partial charge in [0, 0.05) is 11.1 Å². The predicted octanol–water partition coefficient (Wildman–Crippen LogP) is 3.97. The molecule has 0 amide bonds. The summed E-state index contributed by atoms with van der Waals surface area (Å²) in [6, 6.07) is 9.32. The number of benzene rings is 1. The molecule has 0 aliphatic carbocycles. The first-order chi connectivity index (χ1) is 9.43. The summed E-state index contributed by atoms with van der Waals surface area (Å²) < 4.78 is 51.5. The van der Waals surface area contributed by atoms with Crippen LogP contribution in [0.2, 0.25) is 0 Å². The molecule has 0 bridgehead atoms. The zero-order valence-corrected chi connectivity index (χ0v) is 10.1. The number of alkyl halides is 3. The molecule has 0 fully saturated rings. The maximum atomic E-state index is 13.7. The summed E-state index contributed by atoms with van der Waals surface area (Å²) in [5.74, 6) is -0.576. The smallest absolute Gasteiger partial charge is 0.247 e. The molecule has 0 saturated heterocycles. The highest BCUT2D eigenvalue weighted by Crippen LogP contribution is 2.32. The van der Waals surface area contributed by atoms with Crippen LogP contribution in [0.25, 0.3) is 11.1 Å². The Kier molecular flexibility index (Phi) is 3.70. The van der Waals surface area contributed by atoms with Gasteiger partial charge in [0.25, 0.3) is 0 Å². The van der Waals surface area contributed by atoms with Crippen molar-refractivity contribution in [2.45, 2.75) is 12.6 Å². The van der Waals surface area contributed by atoms with Gasteiger partial charge < -0.3 is 0 Å². The monoisotopic (exact) mass is 280 g/mol. The number of rotatable bonds is 2. The summed E-state index contributed by atoms with van der Waals surface area (Å²) in [6.45, 7) is 0. The van der Waals surface area contributed by atoms with Crippen LogP contribution in [0, 0.1) is 17.1 Å². The molecule has 0 atom stereocenters. The quantitative estimate of drug-likeness (QED) is 0.780. The van der Waals surface area contributed by atoms with Crippen LogP contribution in [0.3, 0.4) is 0 Å². The predicted molar refractivity (Wildman–Crippen MR) is 64.0 cm³/mol. The number of hydrogen-bond donors (Lipinski definition) is 0. The Labute approximate surface area is 112 Å². The van der Waals surface area contributed by atoms with Crippen LogP contribution in [-0.4, -0.2) is 4.98 Å². The Morgan fingerprint density at radius 1 is 1.05 bits per heavy atom. The number of aromatic nitrogens is 1. The number of halogens is 4. The van der Waals surface area contributed by atoms with Crippen molar-refractivity contribution in [1.82, 2.24) is 4.98 Å². The van der Waals surface area contributed by atoms with Crippen LogP contribution in [0.15, 0.2) is 36.4 Å². The lowest BCUT2D eigenvalue weighted by molar-refractivity contribution is -0.141. The van der Waals surface area contributed by atoms with E-state index in [9.17, 15) is 17.6 Å². The van der Waals surface area contributed by atoms with E-state index in [0.717, 1.165) is 12.1 Å². The third kappa shape index (κ3) is 2.77. The van der Waals surface area contributed by atoms with Gasteiger partial charge in [-0.3, -0.25) is 0 Å². The van der Waals surface area contributed by atoms with Gasteiger partial charge >= 0.3 is 6.18 Å². The van der Waals surface area contributed by atoms with Gasteiger partial charge in [0.05, 0.1) is 18.2 Å². The maximum absolute atomic E-state index is 13.7. The fourth-order valence-electron chi connectivity index (χ4n) is 1.79. The zero-order chi connectivity index (χ0) is 14.8. The number of hydrogen-bond acceptors (Lipinski definition) is 2. The first-order valence-corrected chi connectivity index (χ1v) is 5.62. The van der Waals surface area contributed by atoms with Gasteiger partial charge in [-0.05, 0) is 12.1 Å². The third-order valence-corrected chi connectivity index (χ3v) is 2.68. The third-order valence-electron chi connectivity index (χ3n) is 2.68. The molecule has 0 N–H and O–H groups in total. The van der Waals surface area contributed by atoms with Crippen molar-refractivity contribution in [3.8, 4) is 17.2 Å². The Bertz CT molecular complexity index is 672. The van der Waals surface area contributed by atoms with Gasteiger partial charge in [-0.1, -0.05) is 24.3 Å². The van der Waals surface area contributed by atoms with E-state index >= 15 is 0 Å². The second kappa shape index (κ2) is 5.29. The Morgan fingerprint density at radius 2 is 1.75 bits per heavy atom. The minimum absolute atomic E-state index is 0.0903. The van der Waals surface area contributed by atoms with E-state index in [2.05, 4.69) is 4.98 Å². The minimum Gasteiger partial charge on any atom is -0.247 e. The molecular weight excluding hydrogens is 272 g/mol. The lowest BCUT2D eigenvalue weighted by Gasteiger charge is -2.11. The number of pyridine rings is 1. The SMILES string of the molecule is N#CCc1nc(C(F)(F)F)ccc1-c1ccccc1F. The summed E-state index contributed by atoms with van der Waals surface area (Å²) >= 11 is 0. The molecule has 0 radical (unpaired) electrons. The number of nitriles is 1. The first kappa shape index (κ1) is 14.0. The summed E-state index contributed by atoms with van der Waals surface area (Å²) in [5, 5.41) is 8.69. The van der Waals surface area contributed by atoms with Gasteiger partial charge in [-0.2, -0.15) is 18.4 Å². The van der Waals surface area contributed by atoms with Gasteiger partial charge in [0.15, 0.2) is 0 Å². The molecule has 0 aliphatic heterocycles. The molecule has 2 rings (SSSR count). The average Bonchev–Trinajstić information content (AvgIpc) is 2.39. The largest absolute Gasteiger partial charge is 0.433 e. The van der Waals surface area contributed by atoms with Crippen LogP contribution < -0.4 is 0 Å². The normalized spacial score (nSPS) is 11.2. The highest BCUT2D eigenvalue weighted by molar-refractivity contribution is 5.67. The van der Waals surface area contributed by atoms with Crippen molar-refractivity contribution in [3.63, 3.8) is 0 Å². The van der Waals surface area contributed by atoms with E-state index in [0.29, 0.717) is 0 Å². The lowest BCUT2D eigenvalue weighted by Crippen LogP contribution is -2.10. The first-order valence-electron chi connectivity index (χ1n) is 5.62. The van der Waals surface area contributed by atoms with Gasteiger partial charge in [-0.15, -0.1) is 0 Å². The van der Waals surface area contributed by atoms with Crippen molar-refractivity contribution in [1.29, 1.82) is 5.26 Å². The second-order valence-corrected chi connectivity index (χ2v) is 4.00. The van der Waals surface area contributed by atoms with E-state index in [1.54, 1.807) is 12.1 Å². The fourth-order valence-corrected chi connectivity index (χ4v) is 1.79. The summed E-state index contributed by atoms with van der Waals surface area (Å²) in [5.41, 5.74) is -0.869. The van der Waals surface area contributed by atoms with E-state index in [1.807, 2.05) is 0 Å². The minimum atomic E-state index is -4.60. The maximum Gasteiger partial charge on any atom is 0.433 e. The molecule has 20 heavy (non-hydrogen) atoms. The van der Waals surface area contributed by atoms with E-state index in [4.69, 9.17) is 5.26 Å². The van der Waals surface area contributed by atoms with Gasteiger partial charge in [0.1, 0.15) is 11.5 Å². The molecule has 6 heteroatoms. The molecule has 2 nitrogen and oxygen atoms in total. The Balaban J connectivity index is 2.60. The highest BCUT2D eigenvalue weighted by atomic mass is 19.4. The van der Waals surface area contributed by atoms with Crippen LogP contribution in [-0.2, 0) is 12.6 Å². The van der Waals surface area contributed by atoms with Crippen molar-refractivity contribution < 1.29 is 17.6 Å². The van der Waals surface area contributed by atoms with Crippen LogP contribution in [0.5, 0.6) is 0 Å². The molecule has 0 saturated carbocycles. The molecule has 1 aromatic heterocycles. The molecular formula is C14H8F4N2. The second-order valence-electron chi connectivity index (χ2n) is 4.00. The van der Waals surface area contributed by atoms with E-state index in [1.165, 1.54) is 18.2 Å². The lowest BCUT2D eigenvalue weighted by atomic mass is 10.0. The molecule has 0 unspecified atom stereocenters. The highest BCUT2D eigenvalue weighted by Gasteiger charge is 2.33. The summed E-state index contributed by atoms with van der Waals surface area (Å²) in [7, 11) is 0. The van der Waals surface area contributed by atoms with Crippen molar-refractivity contribution in [2.75, 3.05) is 0 Å².